The van der Waals surface area contributed by atoms with Crippen LogP contribution in [0.1, 0.15) is 12.0 Å². The van der Waals surface area contributed by atoms with Crippen molar-refractivity contribution in [2.24, 2.45) is 0 Å². The zero-order chi connectivity index (χ0) is 16.3. The maximum Gasteiger partial charge on any atom is 0.410 e. The van der Waals surface area contributed by atoms with Gasteiger partial charge < -0.3 is 9.84 Å². The van der Waals surface area contributed by atoms with Crippen molar-refractivity contribution in [3.8, 4) is 0 Å². The van der Waals surface area contributed by atoms with Gasteiger partial charge in [-0.1, -0.05) is 30.3 Å². The Morgan fingerprint density at radius 1 is 1.32 bits per heavy atom. The van der Waals surface area contributed by atoms with Crippen molar-refractivity contribution in [2.45, 2.75) is 24.3 Å². The Kier molecular flexibility index (Phi) is 4.70. The van der Waals surface area contributed by atoms with Crippen LogP contribution in [-0.4, -0.2) is 54.6 Å². The third-order valence-corrected chi connectivity index (χ3v) is 5.18. The molecule has 1 aliphatic heterocycles. The van der Waals surface area contributed by atoms with Crippen molar-refractivity contribution in [1.29, 1.82) is 0 Å². The Hall–Kier alpha value is -2.09. The van der Waals surface area contributed by atoms with Crippen LogP contribution in [0, 0.1) is 0 Å². The highest BCUT2D eigenvalue weighted by Crippen LogP contribution is 2.25. The van der Waals surface area contributed by atoms with E-state index in [9.17, 15) is 23.1 Å². The zero-order valence-corrected chi connectivity index (χ0v) is 12.8. The molecule has 1 aliphatic rings. The van der Waals surface area contributed by atoms with Crippen LogP contribution in [0.5, 0.6) is 0 Å². The number of hydrogen-bond acceptors (Lipinski definition) is 5. The zero-order valence-electron chi connectivity index (χ0n) is 12.0. The summed E-state index contributed by atoms with van der Waals surface area (Å²) in [6, 6.07) is 7.54. The Bertz CT molecular complexity index is 657. The number of amides is 1. The molecule has 0 spiro atoms. The number of likely N-dealkylation sites (tertiary alicyclic amines) is 1. The van der Waals surface area contributed by atoms with Gasteiger partial charge in [-0.05, 0) is 12.0 Å². The molecule has 22 heavy (non-hydrogen) atoms. The van der Waals surface area contributed by atoms with Gasteiger partial charge in [0.1, 0.15) is 12.6 Å². The van der Waals surface area contributed by atoms with E-state index in [1.165, 1.54) is 0 Å². The highest BCUT2D eigenvalue weighted by Gasteiger charge is 2.47. The second-order valence-corrected chi connectivity index (χ2v) is 7.44. The summed E-state index contributed by atoms with van der Waals surface area (Å²) in [7, 11) is -3.56. The van der Waals surface area contributed by atoms with E-state index in [0.717, 1.165) is 16.7 Å². The molecule has 1 heterocycles. The monoisotopic (exact) mass is 327 g/mol. The Morgan fingerprint density at radius 2 is 1.95 bits per heavy atom. The van der Waals surface area contributed by atoms with Gasteiger partial charge in [0.2, 0.25) is 0 Å². The number of nitrogens with zero attached hydrogens (tertiary/aromatic N) is 1. The molecule has 2 atom stereocenters. The third-order valence-electron chi connectivity index (χ3n) is 3.59. The van der Waals surface area contributed by atoms with Crippen LogP contribution >= 0.6 is 0 Å². The number of carboxylic acids is 1. The van der Waals surface area contributed by atoms with Crippen LogP contribution in [0.25, 0.3) is 0 Å². The summed E-state index contributed by atoms with van der Waals surface area (Å²) < 4.78 is 28.4. The van der Waals surface area contributed by atoms with Gasteiger partial charge in [-0.2, -0.15) is 0 Å². The van der Waals surface area contributed by atoms with Crippen molar-refractivity contribution in [2.75, 3.05) is 12.8 Å². The van der Waals surface area contributed by atoms with Crippen LogP contribution in [-0.2, 0) is 26.0 Å². The first-order valence-electron chi connectivity index (χ1n) is 6.69. The number of carbonyl (C=O) groups excluding carboxylic acids is 1. The molecule has 0 aliphatic carbocycles. The SMILES string of the molecule is CS(=O)(=O)[C@H]1CCN(C(=O)OCc2ccccc2)[C@@H]1C(=O)O. The number of sulfone groups is 1. The average Bonchev–Trinajstić information content (AvgIpc) is 2.91. The fourth-order valence-electron chi connectivity index (χ4n) is 2.51. The molecule has 1 saturated heterocycles. The summed E-state index contributed by atoms with van der Waals surface area (Å²) in [6.07, 6.45) is 0.255. The summed E-state index contributed by atoms with van der Waals surface area (Å²) in [5, 5.41) is 8.14. The maximum absolute atomic E-state index is 12.1. The number of aliphatic carboxylic acids is 1. The van der Waals surface area contributed by atoms with Crippen molar-refractivity contribution in [1.82, 2.24) is 4.90 Å². The molecule has 7 nitrogen and oxygen atoms in total. The maximum atomic E-state index is 12.1. The molecule has 1 amide bonds. The van der Waals surface area contributed by atoms with E-state index in [-0.39, 0.29) is 19.6 Å². The van der Waals surface area contributed by atoms with E-state index in [1.807, 2.05) is 6.07 Å². The fourth-order valence-corrected chi connectivity index (χ4v) is 3.78. The molecule has 0 radical (unpaired) electrons. The number of benzene rings is 1. The van der Waals surface area contributed by atoms with Gasteiger partial charge in [-0.3, -0.25) is 4.90 Å². The summed E-state index contributed by atoms with van der Waals surface area (Å²) in [4.78, 5) is 24.4. The first kappa shape index (κ1) is 16.3. The molecule has 1 fully saturated rings. The first-order chi connectivity index (χ1) is 10.3. The molecule has 1 aromatic carbocycles. The number of carbonyl (C=O) groups is 2. The predicted molar refractivity (Wildman–Crippen MR) is 78.0 cm³/mol. The van der Waals surface area contributed by atoms with Crippen LogP contribution in [0.4, 0.5) is 4.79 Å². The van der Waals surface area contributed by atoms with E-state index in [4.69, 9.17) is 4.74 Å². The van der Waals surface area contributed by atoms with Crippen molar-refractivity contribution in [3.05, 3.63) is 35.9 Å². The lowest BCUT2D eigenvalue weighted by Gasteiger charge is -2.23. The standard InChI is InChI=1S/C14H17NO6S/c1-22(19,20)11-7-8-15(12(11)13(16)17)14(18)21-9-10-5-3-2-4-6-10/h2-6,11-12H,7-9H2,1H3,(H,16,17)/t11-,12-/m0/s1. The summed E-state index contributed by atoms with van der Waals surface area (Å²) in [5.41, 5.74) is 0.765. The summed E-state index contributed by atoms with van der Waals surface area (Å²) in [6.45, 7) is 0.0500. The Morgan fingerprint density at radius 3 is 2.50 bits per heavy atom. The fraction of sp³-hybridized carbons (Fsp3) is 0.429. The van der Waals surface area contributed by atoms with Gasteiger partial charge >= 0.3 is 12.1 Å². The van der Waals surface area contributed by atoms with E-state index in [1.54, 1.807) is 24.3 Å². The van der Waals surface area contributed by atoms with Crippen molar-refractivity contribution < 1.29 is 27.9 Å². The van der Waals surface area contributed by atoms with Crippen LogP contribution in [0.15, 0.2) is 30.3 Å². The Balaban J connectivity index is 2.07. The molecule has 1 N–H and O–H groups in total. The number of hydrogen-bond donors (Lipinski definition) is 1. The molecule has 8 heteroatoms. The number of ether oxygens (including phenoxy) is 1. The lowest BCUT2D eigenvalue weighted by molar-refractivity contribution is -0.141. The predicted octanol–water partition coefficient (Wildman–Crippen LogP) is 0.895. The molecule has 0 saturated carbocycles. The first-order valence-corrected chi connectivity index (χ1v) is 8.65. The number of rotatable bonds is 4. The normalized spacial score (nSPS) is 21.6. The lowest BCUT2D eigenvalue weighted by Crippen LogP contribution is -2.47. The highest BCUT2D eigenvalue weighted by molar-refractivity contribution is 7.91. The molecule has 0 bridgehead atoms. The quantitative estimate of drug-likeness (QED) is 0.881. The molecule has 0 unspecified atom stereocenters. The van der Waals surface area contributed by atoms with Gasteiger partial charge in [0.15, 0.2) is 9.84 Å². The lowest BCUT2D eigenvalue weighted by atomic mass is 10.2. The van der Waals surface area contributed by atoms with E-state index >= 15 is 0 Å². The van der Waals surface area contributed by atoms with Gasteiger partial charge in [0.25, 0.3) is 0 Å². The van der Waals surface area contributed by atoms with Crippen LogP contribution in [0.2, 0.25) is 0 Å². The molecule has 1 aromatic rings. The van der Waals surface area contributed by atoms with E-state index in [0.29, 0.717) is 0 Å². The summed E-state index contributed by atoms with van der Waals surface area (Å²) in [5.74, 6) is -1.34. The second-order valence-electron chi connectivity index (χ2n) is 5.17. The third kappa shape index (κ3) is 3.56. The molecule has 0 aromatic heterocycles. The Labute approximate surface area is 128 Å². The van der Waals surface area contributed by atoms with E-state index < -0.39 is 33.2 Å². The molecule has 2 rings (SSSR count). The summed E-state index contributed by atoms with van der Waals surface area (Å²) >= 11 is 0. The molecule has 120 valence electrons. The van der Waals surface area contributed by atoms with Crippen LogP contribution in [0.3, 0.4) is 0 Å². The van der Waals surface area contributed by atoms with Gasteiger partial charge in [-0.25, -0.2) is 18.0 Å². The average molecular weight is 327 g/mol. The van der Waals surface area contributed by atoms with Crippen molar-refractivity contribution in [3.63, 3.8) is 0 Å². The molecular weight excluding hydrogens is 310 g/mol. The van der Waals surface area contributed by atoms with Crippen molar-refractivity contribution >= 4 is 21.9 Å². The minimum absolute atomic E-state index is 0.00601. The van der Waals surface area contributed by atoms with E-state index in [2.05, 4.69) is 0 Å². The highest BCUT2D eigenvalue weighted by atomic mass is 32.2. The van der Waals surface area contributed by atoms with Gasteiger partial charge in [0.05, 0.1) is 5.25 Å². The second kappa shape index (κ2) is 6.35. The minimum Gasteiger partial charge on any atom is -0.480 e. The van der Waals surface area contributed by atoms with Gasteiger partial charge in [0, 0.05) is 12.8 Å². The largest absolute Gasteiger partial charge is 0.480 e. The number of carboxylic acid groups (broad SMARTS) is 1. The smallest absolute Gasteiger partial charge is 0.410 e. The molecular formula is C14H17NO6S. The topological polar surface area (TPSA) is 101 Å². The van der Waals surface area contributed by atoms with Gasteiger partial charge in [-0.15, -0.1) is 0 Å². The van der Waals surface area contributed by atoms with Crippen LogP contribution < -0.4 is 0 Å². The minimum atomic E-state index is -3.56.